The minimum absolute atomic E-state index is 0.220. The van der Waals surface area contributed by atoms with Crippen LogP contribution >= 0.6 is 0 Å². The van der Waals surface area contributed by atoms with E-state index < -0.39 is 0 Å². The van der Waals surface area contributed by atoms with Gasteiger partial charge in [0.15, 0.2) is 0 Å². The average molecular weight is 409 g/mol. The molecule has 3 aromatic rings. The molecule has 0 bridgehead atoms. The highest BCUT2D eigenvalue weighted by atomic mass is 16.5. The van der Waals surface area contributed by atoms with Gasteiger partial charge in [-0.05, 0) is 44.0 Å². The van der Waals surface area contributed by atoms with E-state index in [2.05, 4.69) is 27.1 Å². The Morgan fingerprint density at radius 2 is 1.90 bits per heavy atom. The fraction of sp³-hybridized carbons (Fsp3) is 0.500. The van der Waals surface area contributed by atoms with Gasteiger partial charge in [0.2, 0.25) is 11.7 Å². The maximum Gasteiger partial charge on any atom is 0.230 e. The number of benzene rings is 1. The summed E-state index contributed by atoms with van der Waals surface area (Å²) < 4.78 is 18.9. The molecule has 2 aliphatic heterocycles. The Kier molecular flexibility index (Phi) is 5.26. The Labute approximate surface area is 175 Å². The van der Waals surface area contributed by atoms with Crippen LogP contribution < -0.4 is 4.74 Å². The van der Waals surface area contributed by atoms with E-state index in [0.717, 1.165) is 57.0 Å². The first-order valence-corrected chi connectivity index (χ1v) is 10.5. The van der Waals surface area contributed by atoms with Crippen molar-refractivity contribution in [1.82, 2.24) is 24.8 Å². The number of aryl methyl sites for hydroxylation is 1. The van der Waals surface area contributed by atoms with E-state index in [1.807, 2.05) is 42.2 Å². The van der Waals surface area contributed by atoms with Crippen molar-refractivity contribution in [2.75, 3.05) is 26.3 Å². The zero-order valence-corrected chi connectivity index (χ0v) is 17.5. The molecule has 0 spiro atoms. The van der Waals surface area contributed by atoms with Gasteiger partial charge in [-0.2, -0.15) is 10.1 Å². The second-order valence-corrected chi connectivity index (χ2v) is 8.18. The van der Waals surface area contributed by atoms with Crippen LogP contribution in [0.5, 0.6) is 5.75 Å². The van der Waals surface area contributed by atoms with E-state index >= 15 is 0 Å². The van der Waals surface area contributed by atoms with Crippen molar-refractivity contribution < 1.29 is 14.0 Å². The lowest BCUT2D eigenvalue weighted by Gasteiger charge is -2.38. The standard InChI is InChI=1S/C22H27N5O3/c1-15-18(11-23-26(15)2)12-27-13-20(14-27)29-19-5-3-16(4-6-19)21-24-22(30-25-21)17-7-9-28-10-8-17/h3-6,11,17,20H,7-10,12-14H2,1-2H3. The number of hydrogen-bond acceptors (Lipinski definition) is 7. The molecule has 2 fully saturated rings. The van der Waals surface area contributed by atoms with E-state index in [1.165, 1.54) is 11.3 Å². The zero-order chi connectivity index (χ0) is 20.5. The first-order chi connectivity index (χ1) is 14.7. The van der Waals surface area contributed by atoms with E-state index in [0.29, 0.717) is 17.6 Å². The molecule has 0 aliphatic carbocycles. The third-order valence-corrected chi connectivity index (χ3v) is 6.08. The summed E-state index contributed by atoms with van der Waals surface area (Å²) in [4.78, 5) is 6.97. The summed E-state index contributed by atoms with van der Waals surface area (Å²) in [6.07, 6.45) is 4.05. The molecule has 30 heavy (non-hydrogen) atoms. The second kappa shape index (κ2) is 8.20. The first-order valence-electron chi connectivity index (χ1n) is 10.5. The monoisotopic (exact) mass is 409 g/mol. The summed E-state index contributed by atoms with van der Waals surface area (Å²) in [5.41, 5.74) is 3.43. The van der Waals surface area contributed by atoms with Crippen LogP contribution in [-0.4, -0.2) is 57.2 Å². The summed E-state index contributed by atoms with van der Waals surface area (Å²) in [5, 5.41) is 8.47. The minimum Gasteiger partial charge on any atom is -0.488 e. The van der Waals surface area contributed by atoms with Crippen molar-refractivity contribution in [3.8, 4) is 17.1 Å². The van der Waals surface area contributed by atoms with Crippen molar-refractivity contribution in [3.63, 3.8) is 0 Å². The van der Waals surface area contributed by atoms with Gasteiger partial charge in [0.1, 0.15) is 11.9 Å². The molecule has 2 saturated heterocycles. The molecule has 2 aromatic heterocycles. The summed E-state index contributed by atoms with van der Waals surface area (Å²) in [6, 6.07) is 7.94. The average Bonchev–Trinajstić information content (AvgIpc) is 3.36. The van der Waals surface area contributed by atoms with E-state index in [9.17, 15) is 0 Å². The van der Waals surface area contributed by atoms with Crippen LogP contribution in [0, 0.1) is 6.92 Å². The van der Waals surface area contributed by atoms with Crippen LogP contribution in [0.4, 0.5) is 0 Å². The van der Waals surface area contributed by atoms with Crippen LogP contribution in [0.3, 0.4) is 0 Å². The number of hydrogen-bond donors (Lipinski definition) is 0. The molecular weight excluding hydrogens is 382 g/mol. The molecule has 1 aromatic carbocycles. The summed E-state index contributed by atoms with van der Waals surface area (Å²) in [7, 11) is 1.98. The van der Waals surface area contributed by atoms with Crippen LogP contribution in [0.1, 0.15) is 35.9 Å². The molecule has 0 unspecified atom stereocenters. The van der Waals surface area contributed by atoms with E-state index in [1.54, 1.807) is 0 Å². The van der Waals surface area contributed by atoms with Crippen molar-refractivity contribution in [3.05, 3.63) is 47.6 Å². The molecule has 8 heteroatoms. The summed E-state index contributed by atoms with van der Waals surface area (Å²) in [6.45, 7) is 6.40. The highest BCUT2D eigenvalue weighted by Gasteiger charge is 2.29. The Balaban J connectivity index is 1.14. The Hall–Kier alpha value is -2.71. The number of nitrogens with zero attached hydrogens (tertiary/aromatic N) is 5. The van der Waals surface area contributed by atoms with Gasteiger partial charge in [-0.15, -0.1) is 0 Å². The molecule has 0 radical (unpaired) electrons. The van der Waals surface area contributed by atoms with Crippen molar-refractivity contribution in [2.24, 2.45) is 7.05 Å². The highest BCUT2D eigenvalue weighted by Crippen LogP contribution is 2.28. The van der Waals surface area contributed by atoms with Crippen molar-refractivity contribution in [1.29, 1.82) is 0 Å². The van der Waals surface area contributed by atoms with Gasteiger partial charge in [0.05, 0.1) is 6.20 Å². The molecule has 0 atom stereocenters. The number of rotatable bonds is 6. The molecule has 158 valence electrons. The predicted molar refractivity (Wildman–Crippen MR) is 110 cm³/mol. The Morgan fingerprint density at radius 3 is 2.60 bits per heavy atom. The van der Waals surface area contributed by atoms with Gasteiger partial charge in [-0.1, -0.05) is 5.16 Å². The topological polar surface area (TPSA) is 78.4 Å². The fourth-order valence-corrected chi connectivity index (χ4v) is 4.00. The molecule has 8 nitrogen and oxygen atoms in total. The fourth-order valence-electron chi connectivity index (χ4n) is 4.00. The molecule has 0 N–H and O–H groups in total. The SMILES string of the molecule is Cc1c(CN2CC(Oc3ccc(-c4noc(C5CCOCC5)n4)cc3)C2)cnn1C. The van der Waals surface area contributed by atoms with E-state index in [4.69, 9.17) is 14.0 Å². The first kappa shape index (κ1) is 19.3. The quantitative estimate of drug-likeness (QED) is 0.619. The van der Waals surface area contributed by atoms with Crippen LogP contribution in [-0.2, 0) is 18.3 Å². The Morgan fingerprint density at radius 1 is 1.13 bits per heavy atom. The summed E-state index contributed by atoms with van der Waals surface area (Å²) in [5.74, 6) is 2.52. The third-order valence-electron chi connectivity index (χ3n) is 6.08. The number of ether oxygens (including phenoxy) is 2. The lowest BCUT2D eigenvalue weighted by Crippen LogP contribution is -2.53. The van der Waals surface area contributed by atoms with Gasteiger partial charge in [0, 0.05) is 62.6 Å². The molecule has 4 heterocycles. The molecule has 0 amide bonds. The molecule has 5 rings (SSSR count). The van der Waals surface area contributed by atoms with Gasteiger partial charge < -0.3 is 14.0 Å². The maximum atomic E-state index is 6.10. The van der Waals surface area contributed by atoms with Gasteiger partial charge in [-0.3, -0.25) is 9.58 Å². The van der Waals surface area contributed by atoms with Crippen molar-refractivity contribution >= 4 is 0 Å². The molecule has 0 saturated carbocycles. The van der Waals surface area contributed by atoms with Crippen LogP contribution in [0.2, 0.25) is 0 Å². The molecule has 2 aliphatic rings. The number of aromatic nitrogens is 4. The maximum absolute atomic E-state index is 6.10. The largest absolute Gasteiger partial charge is 0.488 e. The predicted octanol–water partition coefficient (Wildman–Crippen LogP) is 2.94. The van der Waals surface area contributed by atoms with Gasteiger partial charge in [0.25, 0.3) is 0 Å². The smallest absolute Gasteiger partial charge is 0.230 e. The lowest BCUT2D eigenvalue weighted by atomic mass is 10.0. The van der Waals surface area contributed by atoms with Gasteiger partial charge in [-0.25, -0.2) is 0 Å². The number of likely N-dealkylation sites (tertiary alicyclic amines) is 1. The van der Waals surface area contributed by atoms with E-state index in [-0.39, 0.29) is 6.10 Å². The van der Waals surface area contributed by atoms with Crippen LogP contribution in [0.25, 0.3) is 11.4 Å². The Bertz CT molecular complexity index is 985. The summed E-state index contributed by atoms with van der Waals surface area (Å²) >= 11 is 0. The third kappa shape index (κ3) is 3.97. The van der Waals surface area contributed by atoms with Crippen LogP contribution in [0.15, 0.2) is 35.0 Å². The lowest BCUT2D eigenvalue weighted by molar-refractivity contribution is 0.0144. The second-order valence-electron chi connectivity index (χ2n) is 8.18. The normalized spacial score (nSPS) is 18.5. The van der Waals surface area contributed by atoms with Crippen molar-refractivity contribution in [2.45, 2.75) is 38.3 Å². The minimum atomic E-state index is 0.220. The molecular formula is C22H27N5O3. The zero-order valence-electron chi connectivity index (χ0n) is 17.5. The highest BCUT2D eigenvalue weighted by molar-refractivity contribution is 5.55. The van der Waals surface area contributed by atoms with Gasteiger partial charge >= 0.3 is 0 Å².